The first kappa shape index (κ1) is 27.9. The largest absolute Gasteiger partial charge is 0.483 e. The Labute approximate surface area is 251 Å². The number of nitrogens with one attached hydrogen (secondary N) is 1. The summed E-state index contributed by atoms with van der Waals surface area (Å²) >= 11 is 2.75. The molecule has 42 heavy (non-hydrogen) atoms. The number of hydrogen-bond donors (Lipinski definition) is 1. The van der Waals surface area contributed by atoms with Crippen molar-refractivity contribution >= 4 is 50.9 Å². The molecule has 3 heterocycles. The number of amides is 1. The maximum atomic E-state index is 13.2. The molecule has 0 saturated carbocycles. The van der Waals surface area contributed by atoms with Crippen LogP contribution in [0.4, 0.5) is 5.00 Å². The van der Waals surface area contributed by atoms with Crippen molar-refractivity contribution in [3.8, 4) is 11.4 Å². The molecular formula is C31H29N5O4S2. The second-order valence-corrected chi connectivity index (χ2v) is 11.7. The summed E-state index contributed by atoms with van der Waals surface area (Å²) in [7, 11) is 0. The van der Waals surface area contributed by atoms with Gasteiger partial charge in [0.2, 0.25) is 5.91 Å². The van der Waals surface area contributed by atoms with Crippen LogP contribution in [-0.2, 0) is 29.0 Å². The van der Waals surface area contributed by atoms with Crippen LogP contribution in [0.1, 0.15) is 46.4 Å². The van der Waals surface area contributed by atoms with E-state index in [1.807, 2.05) is 65.2 Å². The van der Waals surface area contributed by atoms with Crippen LogP contribution in [0.5, 0.6) is 5.75 Å². The fourth-order valence-electron chi connectivity index (χ4n) is 5.02. The molecule has 0 bridgehead atoms. The van der Waals surface area contributed by atoms with E-state index in [0.717, 1.165) is 52.7 Å². The summed E-state index contributed by atoms with van der Waals surface area (Å²) < 4.78 is 13.4. The fourth-order valence-corrected chi connectivity index (χ4v) is 7.09. The highest BCUT2D eigenvalue weighted by atomic mass is 32.2. The number of aromatic nitrogens is 4. The molecule has 0 saturated heterocycles. The molecule has 3 aromatic heterocycles. The number of hydrogen-bond acceptors (Lipinski definition) is 9. The van der Waals surface area contributed by atoms with Crippen LogP contribution in [0.3, 0.4) is 0 Å². The van der Waals surface area contributed by atoms with E-state index in [1.54, 1.807) is 13.1 Å². The minimum Gasteiger partial charge on any atom is -0.483 e. The van der Waals surface area contributed by atoms with Crippen molar-refractivity contribution in [1.29, 1.82) is 0 Å². The summed E-state index contributed by atoms with van der Waals surface area (Å²) in [5.41, 5.74) is 3.15. The van der Waals surface area contributed by atoms with E-state index in [-0.39, 0.29) is 30.8 Å². The van der Waals surface area contributed by atoms with E-state index in [9.17, 15) is 9.59 Å². The molecule has 214 valence electrons. The molecule has 2 aromatic carbocycles. The quantitative estimate of drug-likeness (QED) is 0.148. The Balaban J connectivity index is 1.20. The van der Waals surface area contributed by atoms with E-state index in [1.165, 1.54) is 23.1 Å². The predicted octanol–water partition coefficient (Wildman–Crippen LogP) is 6.24. The number of para-hydroxylation sites is 2. The van der Waals surface area contributed by atoms with E-state index >= 15 is 0 Å². The number of nitrogens with zero attached hydrogens (tertiary/aromatic N) is 4. The maximum Gasteiger partial charge on any atom is 0.341 e. The molecule has 0 radical (unpaired) electrons. The highest BCUT2D eigenvalue weighted by Gasteiger charge is 2.27. The van der Waals surface area contributed by atoms with Crippen molar-refractivity contribution in [2.75, 3.05) is 17.7 Å². The standard InChI is InChI=1S/C31H29N5O4S2/c1-2-39-30(38)27-22-14-6-7-16-24(22)42-29(27)33-26(37)19-41-31-35-34-25(36(31)21-12-4-3-5-13-21)18-40-23-15-8-10-20-11-9-17-32-28(20)23/h3-5,8-13,15,17H,2,6-7,14,16,18-19H2,1H3,(H,33,37). The summed E-state index contributed by atoms with van der Waals surface area (Å²) in [5.74, 6) is 0.721. The lowest BCUT2D eigenvalue weighted by molar-refractivity contribution is -0.113. The van der Waals surface area contributed by atoms with E-state index in [4.69, 9.17) is 9.47 Å². The number of aryl methyl sites for hydroxylation is 1. The molecule has 11 heteroatoms. The fraction of sp³-hybridized carbons (Fsp3) is 0.258. The Morgan fingerprint density at radius 1 is 1.02 bits per heavy atom. The lowest BCUT2D eigenvalue weighted by atomic mass is 9.95. The average molecular weight is 600 g/mol. The number of pyridine rings is 1. The van der Waals surface area contributed by atoms with Gasteiger partial charge in [-0.25, -0.2) is 4.79 Å². The zero-order chi connectivity index (χ0) is 28.9. The molecule has 5 aromatic rings. The van der Waals surface area contributed by atoms with Gasteiger partial charge in [0.1, 0.15) is 22.9 Å². The molecule has 1 amide bonds. The Morgan fingerprint density at radius 2 is 1.86 bits per heavy atom. The van der Waals surface area contributed by atoms with Gasteiger partial charge >= 0.3 is 5.97 Å². The summed E-state index contributed by atoms with van der Waals surface area (Å²) in [5, 5.41) is 13.9. The SMILES string of the molecule is CCOC(=O)c1c(NC(=O)CSc2nnc(COc3cccc4cccnc34)n2-c2ccccc2)sc2c1CCCC2. The summed E-state index contributed by atoms with van der Waals surface area (Å²) in [4.78, 5) is 31.6. The van der Waals surface area contributed by atoms with Crippen molar-refractivity contribution in [2.24, 2.45) is 0 Å². The van der Waals surface area contributed by atoms with Crippen LogP contribution in [0.15, 0.2) is 72.0 Å². The van der Waals surface area contributed by atoms with Crippen LogP contribution in [0.2, 0.25) is 0 Å². The normalized spacial score (nSPS) is 12.6. The number of thioether (sulfide) groups is 1. The molecule has 1 aliphatic rings. The van der Waals surface area contributed by atoms with E-state index in [0.29, 0.717) is 27.3 Å². The Morgan fingerprint density at radius 3 is 2.71 bits per heavy atom. The lowest BCUT2D eigenvalue weighted by Gasteiger charge is -2.12. The average Bonchev–Trinajstić information content (AvgIpc) is 3.60. The van der Waals surface area contributed by atoms with Gasteiger partial charge in [0.25, 0.3) is 0 Å². The van der Waals surface area contributed by atoms with Crippen molar-refractivity contribution in [3.63, 3.8) is 0 Å². The van der Waals surface area contributed by atoms with E-state index in [2.05, 4.69) is 20.5 Å². The van der Waals surface area contributed by atoms with Crippen LogP contribution in [-0.4, -0.2) is 44.0 Å². The third-order valence-electron chi connectivity index (χ3n) is 6.90. The first-order valence-corrected chi connectivity index (χ1v) is 15.6. The summed E-state index contributed by atoms with van der Waals surface area (Å²) in [6, 6.07) is 19.4. The van der Waals surface area contributed by atoms with Gasteiger partial charge < -0.3 is 14.8 Å². The topological polar surface area (TPSA) is 108 Å². The van der Waals surface area contributed by atoms with Crippen molar-refractivity contribution in [1.82, 2.24) is 19.7 Å². The second kappa shape index (κ2) is 12.7. The van der Waals surface area contributed by atoms with Gasteiger partial charge in [0.05, 0.1) is 17.9 Å². The number of anilines is 1. The number of thiophene rings is 1. The van der Waals surface area contributed by atoms with Gasteiger partial charge in [0.15, 0.2) is 11.0 Å². The molecule has 0 fully saturated rings. The van der Waals surface area contributed by atoms with Crippen LogP contribution in [0.25, 0.3) is 16.6 Å². The third-order valence-corrected chi connectivity index (χ3v) is 9.04. The van der Waals surface area contributed by atoms with Crippen LogP contribution < -0.4 is 10.1 Å². The number of carbonyl (C=O) groups excluding carboxylic acids is 2. The molecule has 0 aliphatic heterocycles. The molecule has 0 atom stereocenters. The van der Waals surface area contributed by atoms with Crippen molar-refractivity contribution < 1.29 is 19.1 Å². The maximum absolute atomic E-state index is 13.2. The minimum absolute atomic E-state index is 0.0872. The van der Waals surface area contributed by atoms with Crippen molar-refractivity contribution in [2.45, 2.75) is 44.4 Å². The Bertz CT molecular complexity index is 1730. The van der Waals surface area contributed by atoms with Crippen LogP contribution in [0, 0.1) is 0 Å². The number of carbonyl (C=O) groups is 2. The van der Waals surface area contributed by atoms with Gasteiger partial charge in [-0.3, -0.25) is 14.3 Å². The van der Waals surface area contributed by atoms with Gasteiger partial charge in [-0.15, -0.1) is 21.5 Å². The lowest BCUT2D eigenvalue weighted by Crippen LogP contribution is -2.17. The molecule has 1 N–H and O–H groups in total. The number of rotatable bonds is 10. The molecule has 0 unspecified atom stereocenters. The summed E-state index contributed by atoms with van der Waals surface area (Å²) in [6.45, 7) is 2.23. The molecule has 9 nitrogen and oxygen atoms in total. The number of esters is 1. The van der Waals surface area contributed by atoms with Gasteiger partial charge in [0, 0.05) is 22.1 Å². The zero-order valence-electron chi connectivity index (χ0n) is 23.0. The van der Waals surface area contributed by atoms with E-state index < -0.39 is 0 Å². The van der Waals surface area contributed by atoms with Gasteiger partial charge in [-0.1, -0.05) is 48.2 Å². The number of ether oxygens (including phenoxy) is 2. The third kappa shape index (κ3) is 5.88. The summed E-state index contributed by atoms with van der Waals surface area (Å²) in [6.07, 6.45) is 5.58. The molecular weight excluding hydrogens is 571 g/mol. The smallest absolute Gasteiger partial charge is 0.341 e. The minimum atomic E-state index is -0.380. The number of fused-ring (bicyclic) bond motifs is 2. The zero-order valence-corrected chi connectivity index (χ0v) is 24.7. The van der Waals surface area contributed by atoms with Crippen molar-refractivity contribution in [3.05, 3.63) is 88.7 Å². The first-order chi connectivity index (χ1) is 20.6. The monoisotopic (exact) mass is 599 g/mol. The Hall–Kier alpha value is -4.22. The second-order valence-electron chi connectivity index (χ2n) is 9.66. The Kier molecular flexibility index (Phi) is 8.47. The highest BCUT2D eigenvalue weighted by Crippen LogP contribution is 2.39. The first-order valence-electron chi connectivity index (χ1n) is 13.8. The molecule has 6 rings (SSSR count). The highest BCUT2D eigenvalue weighted by molar-refractivity contribution is 7.99. The predicted molar refractivity (Wildman–Crippen MR) is 164 cm³/mol. The molecule has 1 aliphatic carbocycles. The number of benzene rings is 2. The molecule has 0 spiro atoms. The van der Waals surface area contributed by atoms with Crippen LogP contribution >= 0.6 is 23.1 Å². The van der Waals surface area contributed by atoms with Gasteiger partial charge in [-0.05, 0) is 62.4 Å². The van der Waals surface area contributed by atoms with Gasteiger partial charge in [-0.2, -0.15) is 0 Å².